The van der Waals surface area contributed by atoms with E-state index >= 15 is 0 Å². The number of carboxylic acid groups (broad SMARTS) is 1. The van der Waals surface area contributed by atoms with Crippen molar-refractivity contribution in [2.24, 2.45) is 0 Å². The Bertz CT molecular complexity index is 1530. The largest absolute Gasteiger partial charge is 0.489 e. The van der Waals surface area contributed by atoms with E-state index in [1.54, 1.807) is 22.9 Å². The van der Waals surface area contributed by atoms with Crippen molar-refractivity contribution in [2.45, 2.75) is 6.61 Å². The molecule has 4 aromatic rings. The number of thiocarbonyl (C=S) groups is 1. The van der Waals surface area contributed by atoms with Crippen LogP contribution in [0.1, 0.15) is 11.1 Å². The third-order valence-electron chi connectivity index (χ3n) is 5.66. The molecule has 1 fully saturated rings. The minimum Gasteiger partial charge on any atom is -0.489 e. The van der Waals surface area contributed by atoms with Crippen LogP contribution < -0.4 is 4.74 Å². The quantitative estimate of drug-likeness (QED) is 0.230. The van der Waals surface area contributed by atoms with Crippen molar-refractivity contribution in [3.8, 4) is 22.7 Å². The lowest BCUT2D eigenvalue weighted by atomic mass is 10.1. The molecule has 0 radical (unpaired) electrons. The van der Waals surface area contributed by atoms with Gasteiger partial charge in [-0.15, -0.1) is 0 Å². The predicted octanol–water partition coefficient (Wildman–Crippen LogP) is 5.54. The fourth-order valence-corrected chi connectivity index (χ4v) is 5.05. The van der Waals surface area contributed by atoms with Gasteiger partial charge in [-0.1, -0.05) is 54.3 Å². The zero-order chi connectivity index (χ0) is 26.6. The van der Waals surface area contributed by atoms with E-state index in [9.17, 15) is 14.0 Å². The van der Waals surface area contributed by atoms with E-state index in [1.807, 2.05) is 60.8 Å². The van der Waals surface area contributed by atoms with Gasteiger partial charge >= 0.3 is 5.97 Å². The summed E-state index contributed by atoms with van der Waals surface area (Å²) in [6, 6.07) is 23.0. The average molecular weight is 546 g/mol. The number of aliphatic carboxylic acids is 1. The Hall–Kier alpha value is -4.28. The lowest BCUT2D eigenvalue weighted by Crippen LogP contribution is -2.33. The number of carboxylic acids is 1. The first-order valence-electron chi connectivity index (χ1n) is 11.5. The van der Waals surface area contributed by atoms with Gasteiger partial charge in [-0.25, -0.2) is 9.07 Å². The number of amides is 1. The van der Waals surface area contributed by atoms with E-state index in [0.29, 0.717) is 28.5 Å². The van der Waals surface area contributed by atoms with Crippen molar-refractivity contribution in [3.05, 3.63) is 107 Å². The Morgan fingerprint density at radius 3 is 2.45 bits per heavy atom. The van der Waals surface area contributed by atoms with E-state index in [2.05, 4.69) is 0 Å². The number of ether oxygens (including phenoxy) is 1. The maximum absolute atomic E-state index is 13.1. The number of benzene rings is 3. The fraction of sp³-hybridized carbons (Fsp3) is 0.0714. The first-order chi connectivity index (χ1) is 18.4. The summed E-state index contributed by atoms with van der Waals surface area (Å²) >= 11 is 6.29. The average Bonchev–Trinajstić information content (AvgIpc) is 3.45. The van der Waals surface area contributed by atoms with Gasteiger partial charge in [0.15, 0.2) is 0 Å². The molecule has 1 N–H and O–H groups in total. The molecule has 0 atom stereocenters. The minimum absolute atomic E-state index is 0.198. The summed E-state index contributed by atoms with van der Waals surface area (Å²) in [7, 11) is 0. The first-order valence-corrected chi connectivity index (χ1v) is 12.7. The number of carbonyl (C=O) groups is 2. The van der Waals surface area contributed by atoms with Gasteiger partial charge in [0.1, 0.15) is 29.0 Å². The van der Waals surface area contributed by atoms with Crippen molar-refractivity contribution in [2.75, 3.05) is 6.54 Å². The predicted molar refractivity (Wildman–Crippen MR) is 147 cm³/mol. The van der Waals surface area contributed by atoms with Crippen LogP contribution in [0.25, 0.3) is 23.0 Å². The van der Waals surface area contributed by atoms with Gasteiger partial charge in [-0.2, -0.15) is 5.10 Å². The Balaban J connectivity index is 1.44. The lowest BCUT2D eigenvalue weighted by molar-refractivity contribution is -0.140. The summed E-state index contributed by atoms with van der Waals surface area (Å²) in [5.41, 5.74) is 3.78. The van der Waals surface area contributed by atoms with Crippen LogP contribution in [0.4, 0.5) is 4.39 Å². The number of halogens is 1. The van der Waals surface area contributed by atoms with E-state index in [1.165, 1.54) is 12.1 Å². The van der Waals surface area contributed by atoms with Crippen LogP contribution in [0.5, 0.6) is 5.75 Å². The molecular formula is C28H20FN3O4S2. The SMILES string of the molecule is O=C(O)CN1C(=O)/C(=C\c2cn(-c3ccccc3)nc2-c2ccc(OCc3ccc(F)cc3)cc2)SC1=S. The number of para-hydroxylation sites is 1. The van der Waals surface area contributed by atoms with Gasteiger partial charge in [-0.3, -0.25) is 14.5 Å². The number of rotatable bonds is 8. The second kappa shape index (κ2) is 11.0. The normalized spacial score (nSPS) is 14.3. The molecule has 38 heavy (non-hydrogen) atoms. The van der Waals surface area contributed by atoms with Gasteiger partial charge < -0.3 is 9.84 Å². The van der Waals surface area contributed by atoms with Crippen LogP contribution >= 0.6 is 24.0 Å². The highest BCUT2D eigenvalue weighted by Crippen LogP contribution is 2.35. The molecule has 0 unspecified atom stereocenters. The molecule has 1 amide bonds. The Morgan fingerprint density at radius 2 is 1.76 bits per heavy atom. The van der Waals surface area contributed by atoms with Crippen LogP contribution in [0.3, 0.4) is 0 Å². The molecule has 1 aliphatic rings. The highest BCUT2D eigenvalue weighted by molar-refractivity contribution is 8.26. The third kappa shape index (κ3) is 5.66. The van der Waals surface area contributed by atoms with Crippen LogP contribution in [0.15, 0.2) is 90.0 Å². The van der Waals surface area contributed by atoms with E-state index < -0.39 is 18.4 Å². The van der Waals surface area contributed by atoms with Crippen LogP contribution in [-0.4, -0.2) is 42.5 Å². The summed E-state index contributed by atoms with van der Waals surface area (Å²) in [6.07, 6.45) is 3.50. The summed E-state index contributed by atoms with van der Waals surface area (Å²) in [4.78, 5) is 25.4. The maximum atomic E-state index is 13.1. The number of thioether (sulfide) groups is 1. The lowest BCUT2D eigenvalue weighted by Gasteiger charge is -2.10. The molecular weight excluding hydrogens is 525 g/mol. The molecule has 0 spiro atoms. The number of hydrogen-bond donors (Lipinski definition) is 1. The topological polar surface area (TPSA) is 84.7 Å². The molecule has 1 aliphatic heterocycles. The second-order valence-corrected chi connectivity index (χ2v) is 9.99. The minimum atomic E-state index is -1.14. The summed E-state index contributed by atoms with van der Waals surface area (Å²) in [5.74, 6) is -1.25. The van der Waals surface area contributed by atoms with E-state index in [4.69, 9.17) is 27.2 Å². The Labute approximate surface area is 227 Å². The highest BCUT2D eigenvalue weighted by Gasteiger charge is 2.33. The molecule has 10 heteroatoms. The van der Waals surface area contributed by atoms with Crippen LogP contribution in [0.2, 0.25) is 0 Å². The highest BCUT2D eigenvalue weighted by atomic mass is 32.2. The number of carbonyl (C=O) groups excluding carboxylic acids is 1. The standard InChI is InChI=1S/C28H20FN3O4S2/c29-21-10-6-18(7-11-21)17-36-23-12-8-19(9-13-23)26-20(15-32(30-26)22-4-2-1-3-5-22)14-24-27(35)31(16-25(33)34)28(37)38-24/h1-15H,16-17H2,(H,33,34)/b24-14+. The molecule has 5 rings (SSSR count). The fourth-order valence-electron chi connectivity index (χ4n) is 3.80. The number of nitrogens with zero attached hydrogens (tertiary/aromatic N) is 3. The molecule has 190 valence electrons. The Morgan fingerprint density at radius 1 is 1.05 bits per heavy atom. The van der Waals surface area contributed by atoms with Crippen molar-refractivity contribution < 1.29 is 23.8 Å². The molecule has 0 bridgehead atoms. The smallest absolute Gasteiger partial charge is 0.323 e. The van der Waals surface area contributed by atoms with Crippen molar-refractivity contribution in [1.29, 1.82) is 0 Å². The van der Waals surface area contributed by atoms with Crippen molar-refractivity contribution in [1.82, 2.24) is 14.7 Å². The van der Waals surface area contributed by atoms with Crippen LogP contribution in [-0.2, 0) is 16.2 Å². The van der Waals surface area contributed by atoms with Crippen LogP contribution in [0, 0.1) is 5.82 Å². The number of aromatic nitrogens is 2. The van der Waals surface area contributed by atoms with Gasteiger partial charge in [0, 0.05) is 17.3 Å². The molecule has 1 aromatic heterocycles. The molecule has 2 heterocycles. The third-order valence-corrected chi connectivity index (χ3v) is 7.04. The van der Waals surface area contributed by atoms with Gasteiger partial charge in [-0.05, 0) is 60.2 Å². The molecule has 7 nitrogen and oxygen atoms in total. The summed E-state index contributed by atoms with van der Waals surface area (Å²) in [6.45, 7) is -0.191. The molecule has 3 aromatic carbocycles. The van der Waals surface area contributed by atoms with Crippen molar-refractivity contribution in [3.63, 3.8) is 0 Å². The first kappa shape index (κ1) is 25.4. The Kier molecular flexibility index (Phi) is 7.34. The summed E-state index contributed by atoms with van der Waals surface area (Å²) < 4.78 is 20.9. The van der Waals surface area contributed by atoms with Crippen molar-refractivity contribution >= 4 is 46.3 Å². The zero-order valence-corrected chi connectivity index (χ0v) is 21.4. The van der Waals surface area contributed by atoms with E-state index in [0.717, 1.165) is 33.5 Å². The molecule has 0 saturated carbocycles. The zero-order valence-electron chi connectivity index (χ0n) is 19.8. The monoisotopic (exact) mass is 545 g/mol. The van der Waals surface area contributed by atoms with Gasteiger partial charge in [0.25, 0.3) is 5.91 Å². The number of hydrogen-bond acceptors (Lipinski definition) is 6. The maximum Gasteiger partial charge on any atom is 0.323 e. The van der Waals surface area contributed by atoms with Gasteiger partial charge in [0.2, 0.25) is 0 Å². The summed E-state index contributed by atoms with van der Waals surface area (Å²) in [5, 5.41) is 13.9. The molecule has 1 saturated heterocycles. The molecule has 0 aliphatic carbocycles. The van der Waals surface area contributed by atoms with E-state index in [-0.39, 0.29) is 10.1 Å². The second-order valence-electron chi connectivity index (χ2n) is 8.31. The van der Waals surface area contributed by atoms with Gasteiger partial charge in [0.05, 0.1) is 16.3 Å².